The van der Waals surface area contributed by atoms with E-state index >= 15 is 0 Å². The second-order valence-electron chi connectivity index (χ2n) is 6.77. The Morgan fingerprint density at radius 3 is 1.83 bits per heavy atom. The molecule has 0 aliphatic carbocycles. The summed E-state index contributed by atoms with van der Waals surface area (Å²) < 4.78 is 26.2. The maximum absolute atomic E-state index is 12.3. The van der Waals surface area contributed by atoms with Crippen LogP contribution in [0.15, 0.2) is 24.3 Å². The van der Waals surface area contributed by atoms with Crippen LogP contribution < -0.4 is 9.80 Å². The van der Waals surface area contributed by atoms with E-state index in [0.29, 0.717) is 13.1 Å². The molecule has 0 unspecified atom stereocenters. The number of hydrogen-bond acceptors (Lipinski definition) is 4. The summed E-state index contributed by atoms with van der Waals surface area (Å²) in [5.41, 5.74) is 2.50. The van der Waals surface area contributed by atoms with Crippen LogP contribution in [0.3, 0.4) is 0 Å². The van der Waals surface area contributed by atoms with Crippen LogP contribution in [0.2, 0.25) is 0 Å². The van der Waals surface area contributed by atoms with E-state index in [4.69, 9.17) is 0 Å². The van der Waals surface area contributed by atoms with Crippen molar-refractivity contribution >= 4 is 21.4 Å². The third-order valence-electron chi connectivity index (χ3n) is 5.07. The Hall–Kier alpha value is -1.27. The van der Waals surface area contributed by atoms with Gasteiger partial charge in [0.05, 0.1) is 5.75 Å². The van der Waals surface area contributed by atoms with Crippen molar-refractivity contribution in [3.63, 3.8) is 0 Å². The van der Waals surface area contributed by atoms with Gasteiger partial charge in [0.25, 0.3) is 0 Å². The molecule has 0 bridgehead atoms. The number of benzene rings is 1. The minimum absolute atomic E-state index is 0.286. The SMILES string of the molecule is CCCCS(=O)(=O)N1CCN(c2ccc(N3CCCC3)cc2)CC1. The lowest BCUT2D eigenvalue weighted by atomic mass is 10.2. The molecule has 134 valence electrons. The van der Waals surface area contributed by atoms with Crippen molar-refractivity contribution in [3.8, 4) is 0 Å². The Bertz CT molecular complexity index is 616. The summed E-state index contributed by atoms with van der Waals surface area (Å²) in [7, 11) is -3.07. The zero-order valence-corrected chi connectivity index (χ0v) is 15.5. The zero-order chi connectivity index (χ0) is 17.0. The largest absolute Gasteiger partial charge is 0.372 e. The van der Waals surface area contributed by atoms with Crippen LogP contribution in [0.5, 0.6) is 0 Å². The second kappa shape index (κ2) is 7.74. The van der Waals surface area contributed by atoms with Gasteiger partial charge in [-0.05, 0) is 43.5 Å². The van der Waals surface area contributed by atoms with Gasteiger partial charge in [-0.1, -0.05) is 13.3 Å². The monoisotopic (exact) mass is 351 g/mol. The van der Waals surface area contributed by atoms with Gasteiger partial charge in [-0.15, -0.1) is 0 Å². The fourth-order valence-electron chi connectivity index (χ4n) is 3.53. The summed E-state index contributed by atoms with van der Waals surface area (Å²) in [6.07, 6.45) is 4.25. The molecular weight excluding hydrogens is 322 g/mol. The van der Waals surface area contributed by atoms with Crippen molar-refractivity contribution < 1.29 is 8.42 Å². The van der Waals surface area contributed by atoms with Crippen molar-refractivity contribution in [1.29, 1.82) is 0 Å². The van der Waals surface area contributed by atoms with E-state index < -0.39 is 10.0 Å². The van der Waals surface area contributed by atoms with Gasteiger partial charge in [-0.2, -0.15) is 4.31 Å². The van der Waals surface area contributed by atoms with E-state index in [-0.39, 0.29) is 5.75 Å². The lowest BCUT2D eigenvalue weighted by molar-refractivity contribution is 0.384. The summed E-state index contributed by atoms with van der Waals surface area (Å²) in [5.74, 6) is 0.286. The summed E-state index contributed by atoms with van der Waals surface area (Å²) in [5, 5.41) is 0. The van der Waals surface area contributed by atoms with Gasteiger partial charge >= 0.3 is 0 Å². The van der Waals surface area contributed by atoms with Gasteiger partial charge in [0, 0.05) is 50.6 Å². The number of sulfonamides is 1. The normalized spacial score (nSPS) is 19.9. The first-order valence-corrected chi connectivity index (χ1v) is 10.8. The highest BCUT2D eigenvalue weighted by Gasteiger charge is 2.26. The highest BCUT2D eigenvalue weighted by molar-refractivity contribution is 7.89. The number of anilines is 2. The van der Waals surface area contributed by atoms with Crippen LogP contribution in [0.4, 0.5) is 11.4 Å². The van der Waals surface area contributed by atoms with Gasteiger partial charge < -0.3 is 9.80 Å². The maximum Gasteiger partial charge on any atom is 0.214 e. The molecule has 2 saturated heterocycles. The molecule has 5 nitrogen and oxygen atoms in total. The third-order valence-corrected chi connectivity index (χ3v) is 7.03. The lowest BCUT2D eigenvalue weighted by Crippen LogP contribution is -2.49. The van der Waals surface area contributed by atoms with Crippen LogP contribution >= 0.6 is 0 Å². The van der Waals surface area contributed by atoms with E-state index in [2.05, 4.69) is 34.1 Å². The van der Waals surface area contributed by atoms with E-state index in [0.717, 1.165) is 39.0 Å². The summed E-state index contributed by atoms with van der Waals surface area (Å²) >= 11 is 0. The van der Waals surface area contributed by atoms with Crippen LogP contribution in [0.1, 0.15) is 32.6 Å². The topological polar surface area (TPSA) is 43.9 Å². The van der Waals surface area contributed by atoms with Crippen LogP contribution in [0, 0.1) is 0 Å². The lowest BCUT2D eigenvalue weighted by Gasteiger charge is -2.35. The van der Waals surface area contributed by atoms with Gasteiger partial charge in [-0.3, -0.25) is 0 Å². The Kier molecular flexibility index (Phi) is 5.66. The minimum atomic E-state index is -3.07. The fourth-order valence-corrected chi connectivity index (χ4v) is 5.16. The summed E-state index contributed by atoms with van der Waals surface area (Å²) in [6.45, 7) is 7.09. The van der Waals surface area contributed by atoms with Crippen molar-refractivity contribution in [1.82, 2.24) is 4.31 Å². The first-order chi connectivity index (χ1) is 11.6. The molecule has 2 heterocycles. The molecule has 6 heteroatoms. The number of hydrogen-bond donors (Lipinski definition) is 0. The van der Waals surface area contributed by atoms with E-state index in [1.54, 1.807) is 4.31 Å². The quantitative estimate of drug-likeness (QED) is 0.790. The molecule has 0 amide bonds. The standard InChI is InChI=1S/C18H29N3O2S/c1-2-3-16-24(22,23)21-14-12-20(13-15-21)18-8-6-17(7-9-18)19-10-4-5-11-19/h6-9H,2-5,10-16H2,1H3. The predicted octanol–water partition coefficient (Wildman–Crippen LogP) is 2.54. The number of piperazine rings is 1. The van der Waals surface area contributed by atoms with E-state index in [1.165, 1.54) is 24.2 Å². The van der Waals surface area contributed by atoms with Crippen molar-refractivity contribution in [2.75, 3.05) is 54.8 Å². The Morgan fingerprint density at radius 1 is 0.833 bits per heavy atom. The van der Waals surface area contributed by atoms with Crippen LogP contribution in [-0.4, -0.2) is 57.7 Å². The smallest absolute Gasteiger partial charge is 0.214 e. The molecule has 1 aromatic carbocycles. The second-order valence-corrected chi connectivity index (χ2v) is 8.85. The molecule has 0 spiro atoms. The third kappa shape index (κ3) is 4.03. The molecule has 0 radical (unpaired) electrons. The molecule has 0 saturated carbocycles. The Morgan fingerprint density at radius 2 is 1.33 bits per heavy atom. The van der Waals surface area contributed by atoms with Crippen LogP contribution in [0.25, 0.3) is 0 Å². The fraction of sp³-hybridized carbons (Fsp3) is 0.667. The molecule has 2 aliphatic rings. The minimum Gasteiger partial charge on any atom is -0.372 e. The molecule has 0 atom stereocenters. The van der Waals surface area contributed by atoms with Gasteiger partial charge in [0.1, 0.15) is 0 Å². The Balaban J connectivity index is 1.56. The zero-order valence-electron chi connectivity index (χ0n) is 14.7. The molecule has 24 heavy (non-hydrogen) atoms. The van der Waals surface area contributed by atoms with Gasteiger partial charge in [0.2, 0.25) is 10.0 Å². The van der Waals surface area contributed by atoms with Crippen molar-refractivity contribution in [2.45, 2.75) is 32.6 Å². The summed E-state index contributed by atoms with van der Waals surface area (Å²) in [6, 6.07) is 8.75. The average Bonchev–Trinajstić information content (AvgIpc) is 3.15. The highest BCUT2D eigenvalue weighted by atomic mass is 32.2. The summed E-state index contributed by atoms with van der Waals surface area (Å²) in [4.78, 5) is 4.72. The molecule has 2 fully saturated rings. The maximum atomic E-state index is 12.3. The van der Waals surface area contributed by atoms with Crippen molar-refractivity contribution in [2.24, 2.45) is 0 Å². The van der Waals surface area contributed by atoms with E-state index in [9.17, 15) is 8.42 Å². The molecular formula is C18H29N3O2S. The number of unbranched alkanes of at least 4 members (excludes halogenated alkanes) is 1. The van der Waals surface area contributed by atoms with Crippen molar-refractivity contribution in [3.05, 3.63) is 24.3 Å². The predicted molar refractivity (Wildman–Crippen MR) is 100 cm³/mol. The number of nitrogens with zero attached hydrogens (tertiary/aromatic N) is 3. The first kappa shape index (κ1) is 17.5. The number of rotatable bonds is 6. The molecule has 1 aromatic rings. The molecule has 0 aromatic heterocycles. The highest BCUT2D eigenvalue weighted by Crippen LogP contribution is 2.25. The van der Waals surface area contributed by atoms with Gasteiger partial charge in [0.15, 0.2) is 0 Å². The Labute approximate surface area is 146 Å². The molecule has 3 rings (SSSR count). The van der Waals surface area contributed by atoms with Gasteiger partial charge in [-0.25, -0.2) is 8.42 Å². The van der Waals surface area contributed by atoms with Crippen LogP contribution in [-0.2, 0) is 10.0 Å². The first-order valence-electron chi connectivity index (χ1n) is 9.18. The van der Waals surface area contributed by atoms with E-state index in [1.807, 2.05) is 6.92 Å². The molecule has 0 N–H and O–H groups in total. The molecule has 2 aliphatic heterocycles. The average molecular weight is 352 g/mol.